The molecule has 108 valence electrons. The van der Waals surface area contributed by atoms with E-state index in [1.54, 1.807) is 5.56 Å². The van der Waals surface area contributed by atoms with E-state index in [4.69, 9.17) is 0 Å². The van der Waals surface area contributed by atoms with Gasteiger partial charge in [-0.1, -0.05) is 18.2 Å². The summed E-state index contributed by atoms with van der Waals surface area (Å²) in [4.78, 5) is 2.70. The van der Waals surface area contributed by atoms with Gasteiger partial charge in [-0.15, -0.1) is 0 Å². The lowest BCUT2D eigenvalue weighted by Crippen LogP contribution is -2.33. The first kappa shape index (κ1) is 12.7. The summed E-state index contributed by atoms with van der Waals surface area (Å²) in [6.07, 6.45) is 8.28. The van der Waals surface area contributed by atoms with E-state index in [0.29, 0.717) is 5.41 Å². The van der Waals surface area contributed by atoms with Gasteiger partial charge in [0, 0.05) is 18.8 Å². The number of nitrogens with zero attached hydrogens (tertiary/aromatic N) is 1. The molecular weight excluding hydrogens is 244 g/mol. The van der Waals surface area contributed by atoms with Crippen LogP contribution >= 0.6 is 0 Å². The Labute approximate surface area is 122 Å². The zero-order valence-corrected chi connectivity index (χ0v) is 12.4. The minimum Gasteiger partial charge on any atom is -0.371 e. The van der Waals surface area contributed by atoms with Crippen LogP contribution in [0.2, 0.25) is 0 Å². The first-order valence-corrected chi connectivity index (χ1v) is 8.41. The zero-order valence-electron chi connectivity index (χ0n) is 12.4. The third-order valence-electron chi connectivity index (χ3n) is 5.86. The molecule has 0 bridgehead atoms. The smallest absolute Gasteiger partial charge is 0.0398 e. The molecule has 1 N–H and O–H groups in total. The average Bonchev–Trinajstić information content (AvgIpc) is 3.19. The van der Waals surface area contributed by atoms with Gasteiger partial charge in [0.15, 0.2) is 0 Å². The monoisotopic (exact) mass is 270 g/mol. The molecule has 2 nitrogen and oxygen atoms in total. The lowest BCUT2D eigenvalue weighted by Gasteiger charge is -2.28. The maximum absolute atomic E-state index is 3.52. The van der Waals surface area contributed by atoms with Crippen molar-refractivity contribution in [1.82, 2.24) is 5.32 Å². The second kappa shape index (κ2) is 5.07. The number of hydrogen-bond donors (Lipinski definition) is 1. The number of fused-ring (bicyclic) bond motifs is 1. The Hall–Kier alpha value is -1.02. The molecule has 2 heteroatoms. The summed E-state index contributed by atoms with van der Waals surface area (Å²) in [5.74, 6) is 0.954. The number of aryl methyl sites for hydroxylation is 1. The van der Waals surface area contributed by atoms with Gasteiger partial charge in [0.1, 0.15) is 0 Å². The van der Waals surface area contributed by atoms with Crippen LogP contribution < -0.4 is 10.2 Å². The summed E-state index contributed by atoms with van der Waals surface area (Å²) >= 11 is 0. The van der Waals surface area contributed by atoms with E-state index in [1.165, 1.54) is 70.4 Å². The van der Waals surface area contributed by atoms with Gasteiger partial charge in [-0.05, 0) is 74.6 Å². The topological polar surface area (TPSA) is 15.3 Å². The van der Waals surface area contributed by atoms with Crippen LogP contribution in [0.4, 0.5) is 5.69 Å². The summed E-state index contributed by atoms with van der Waals surface area (Å²) < 4.78 is 0. The molecule has 1 atom stereocenters. The fraction of sp³-hybridized carbons (Fsp3) is 0.667. The Bertz CT molecular complexity index is 476. The average molecular weight is 270 g/mol. The van der Waals surface area contributed by atoms with Crippen molar-refractivity contribution < 1.29 is 0 Å². The quantitative estimate of drug-likeness (QED) is 0.887. The van der Waals surface area contributed by atoms with Gasteiger partial charge in [-0.2, -0.15) is 0 Å². The van der Waals surface area contributed by atoms with Crippen molar-refractivity contribution >= 4 is 5.69 Å². The van der Waals surface area contributed by atoms with Gasteiger partial charge in [0.25, 0.3) is 0 Å². The largest absolute Gasteiger partial charge is 0.371 e. The number of nitrogens with one attached hydrogen (secondary N) is 1. The van der Waals surface area contributed by atoms with Crippen LogP contribution in [0.5, 0.6) is 0 Å². The molecule has 1 saturated heterocycles. The maximum atomic E-state index is 3.52. The highest BCUT2D eigenvalue weighted by atomic mass is 15.1. The van der Waals surface area contributed by atoms with E-state index < -0.39 is 0 Å². The molecule has 2 aliphatic heterocycles. The Kier molecular flexibility index (Phi) is 3.22. The van der Waals surface area contributed by atoms with Crippen molar-refractivity contribution in [3.8, 4) is 0 Å². The van der Waals surface area contributed by atoms with Crippen LogP contribution in [0.15, 0.2) is 24.3 Å². The fourth-order valence-corrected chi connectivity index (χ4v) is 4.45. The van der Waals surface area contributed by atoms with Gasteiger partial charge in [-0.25, -0.2) is 0 Å². The van der Waals surface area contributed by atoms with Crippen LogP contribution in [0, 0.1) is 11.3 Å². The third kappa shape index (κ3) is 2.24. The molecular formula is C18H26N2. The molecule has 3 aliphatic rings. The Morgan fingerprint density at radius 1 is 1.15 bits per heavy atom. The van der Waals surface area contributed by atoms with E-state index >= 15 is 0 Å². The minimum atomic E-state index is 0.715. The first-order chi connectivity index (χ1) is 9.87. The van der Waals surface area contributed by atoms with Crippen LogP contribution in [0.25, 0.3) is 0 Å². The Morgan fingerprint density at radius 2 is 2.00 bits per heavy atom. The van der Waals surface area contributed by atoms with Gasteiger partial charge in [0.2, 0.25) is 0 Å². The van der Waals surface area contributed by atoms with Crippen molar-refractivity contribution in [3.63, 3.8) is 0 Å². The van der Waals surface area contributed by atoms with Crippen LogP contribution in [0.3, 0.4) is 0 Å². The standard InChI is InChI=1S/C18H26N2/c1-2-7-17-15(5-1)6-3-4-12-20(17)14-16-13-18(16)8-10-19-11-9-18/h1-2,5,7,16,19H,3-4,6,8-14H2. The maximum Gasteiger partial charge on any atom is 0.0398 e. The molecule has 2 fully saturated rings. The SMILES string of the molecule is c1ccc2c(c1)CCCCN2CC1CC12CCNCC2. The molecule has 1 unspecified atom stereocenters. The lowest BCUT2D eigenvalue weighted by atomic mass is 9.92. The van der Waals surface area contributed by atoms with E-state index in [9.17, 15) is 0 Å². The Morgan fingerprint density at radius 3 is 2.90 bits per heavy atom. The fourth-order valence-electron chi connectivity index (χ4n) is 4.45. The highest BCUT2D eigenvalue weighted by molar-refractivity contribution is 5.54. The second-order valence-corrected chi connectivity index (χ2v) is 7.05. The third-order valence-corrected chi connectivity index (χ3v) is 5.86. The number of para-hydroxylation sites is 1. The molecule has 0 aromatic heterocycles. The van der Waals surface area contributed by atoms with Gasteiger partial charge in [0.05, 0.1) is 0 Å². The van der Waals surface area contributed by atoms with Gasteiger partial charge < -0.3 is 10.2 Å². The van der Waals surface area contributed by atoms with E-state index in [1.807, 2.05) is 0 Å². The number of rotatable bonds is 2. The number of piperidine rings is 1. The van der Waals surface area contributed by atoms with Crippen molar-refractivity contribution in [3.05, 3.63) is 29.8 Å². The normalized spacial score (nSPS) is 28.0. The van der Waals surface area contributed by atoms with Crippen molar-refractivity contribution in [2.24, 2.45) is 11.3 Å². The van der Waals surface area contributed by atoms with Crippen LogP contribution in [0.1, 0.15) is 37.7 Å². The highest BCUT2D eigenvalue weighted by Crippen LogP contribution is 2.59. The van der Waals surface area contributed by atoms with Crippen LogP contribution in [-0.2, 0) is 6.42 Å². The zero-order chi connectivity index (χ0) is 13.4. The van der Waals surface area contributed by atoms with Gasteiger partial charge in [-0.3, -0.25) is 0 Å². The van der Waals surface area contributed by atoms with E-state index in [0.717, 1.165) is 5.92 Å². The molecule has 4 rings (SSSR count). The van der Waals surface area contributed by atoms with Crippen molar-refractivity contribution in [1.29, 1.82) is 0 Å². The number of benzene rings is 1. The molecule has 0 amide bonds. The summed E-state index contributed by atoms with van der Waals surface area (Å²) in [7, 11) is 0. The summed E-state index contributed by atoms with van der Waals surface area (Å²) in [6, 6.07) is 9.09. The second-order valence-electron chi connectivity index (χ2n) is 7.05. The van der Waals surface area contributed by atoms with Crippen molar-refractivity contribution in [2.75, 3.05) is 31.1 Å². The molecule has 2 heterocycles. The van der Waals surface area contributed by atoms with Gasteiger partial charge >= 0.3 is 0 Å². The molecule has 0 radical (unpaired) electrons. The van der Waals surface area contributed by atoms with Crippen molar-refractivity contribution in [2.45, 2.75) is 38.5 Å². The number of hydrogen-bond acceptors (Lipinski definition) is 2. The predicted octanol–water partition coefficient (Wildman–Crippen LogP) is 3.22. The lowest BCUT2D eigenvalue weighted by molar-refractivity contribution is 0.323. The molecule has 1 aromatic rings. The summed E-state index contributed by atoms with van der Waals surface area (Å²) in [5.41, 5.74) is 3.82. The predicted molar refractivity (Wildman–Crippen MR) is 84.2 cm³/mol. The van der Waals surface area contributed by atoms with Crippen LogP contribution in [-0.4, -0.2) is 26.2 Å². The summed E-state index contributed by atoms with van der Waals surface area (Å²) in [5, 5.41) is 3.52. The molecule has 1 aromatic carbocycles. The molecule has 20 heavy (non-hydrogen) atoms. The van der Waals surface area contributed by atoms with E-state index in [-0.39, 0.29) is 0 Å². The molecule has 1 aliphatic carbocycles. The first-order valence-electron chi connectivity index (χ1n) is 8.41. The molecule has 1 saturated carbocycles. The Balaban J connectivity index is 1.49. The number of anilines is 1. The van der Waals surface area contributed by atoms with E-state index in [2.05, 4.69) is 34.5 Å². The highest BCUT2D eigenvalue weighted by Gasteiger charge is 2.54. The minimum absolute atomic E-state index is 0.715. The molecule has 1 spiro atoms. The summed E-state index contributed by atoms with van der Waals surface area (Å²) in [6.45, 7) is 5.05.